The van der Waals surface area contributed by atoms with Gasteiger partial charge < -0.3 is 16.4 Å². The molecule has 1 aromatic rings. The molecule has 1 aliphatic rings. The number of amides is 2. The third-order valence-electron chi connectivity index (χ3n) is 6.19. The lowest BCUT2D eigenvalue weighted by atomic mass is 9.91. The molecule has 1 aliphatic carbocycles. The molecule has 2 atom stereocenters. The quantitative estimate of drug-likeness (QED) is 0.273. The van der Waals surface area contributed by atoms with Gasteiger partial charge >= 0.3 is 0 Å². The van der Waals surface area contributed by atoms with Crippen molar-refractivity contribution in [2.45, 2.75) is 57.9 Å². The van der Waals surface area contributed by atoms with Crippen molar-refractivity contribution in [3.63, 3.8) is 0 Å². The zero-order valence-electron chi connectivity index (χ0n) is 19.5. The molecule has 1 saturated carbocycles. The molecular formula is C24H39N3O5P+. The van der Waals surface area contributed by atoms with Crippen LogP contribution in [0.15, 0.2) is 30.3 Å². The number of carbonyl (C=O) groups is 3. The van der Waals surface area contributed by atoms with Crippen molar-refractivity contribution in [1.82, 2.24) is 10.6 Å². The normalized spacial score (nSPS) is 16.6. The summed E-state index contributed by atoms with van der Waals surface area (Å²) in [6.45, 7) is 1.70. The zero-order valence-corrected chi connectivity index (χ0v) is 20.4. The maximum Gasteiger partial charge on any atom is 0.275 e. The van der Waals surface area contributed by atoms with Gasteiger partial charge in [0.15, 0.2) is 11.9 Å². The van der Waals surface area contributed by atoms with Gasteiger partial charge in [-0.2, -0.15) is 0 Å². The molecular weight excluding hydrogens is 441 g/mol. The topological polar surface area (TPSA) is 142 Å². The van der Waals surface area contributed by atoms with Crippen LogP contribution in [0.5, 0.6) is 0 Å². The molecule has 0 saturated heterocycles. The monoisotopic (exact) mass is 480 g/mol. The van der Waals surface area contributed by atoms with Crippen LogP contribution in [-0.2, 0) is 20.8 Å². The molecule has 0 aliphatic heterocycles. The molecule has 0 aromatic heterocycles. The number of Topliss-reactive ketones (excluding diaryl/α,β-unsaturated/α-hetero) is 1. The Balaban J connectivity index is 1.72. The summed E-state index contributed by atoms with van der Waals surface area (Å²) in [4.78, 5) is 57.7. The molecule has 33 heavy (non-hydrogen) atoms. The van der Waals surface area contributed by atoms with E-state index in [1.54, 1.807) is 0 Å². The van der Waals surface area contributed by atoms with Crippen LogP contribution in [-0.4, -0.2) is 58.8 Å². The van der Waals surface area contributed by atoms with Gasteiger partial charge in [0.05, 0.1) is 18.5 Å². The van der Waals surface area contributed by atoms with Gasteiger partial charge in [-0.05, 0) is 37.2 Å². The van der Waals surface area contributed by atoms with E-state index in [-0.39, 0.29) is 42.8 Å². The first kappa shape index (κ1) is 27.4. The summed E-state index contributed by atoms with van der Waals surface area (Å²) < 4.78 is 0. The van der Waals surface area contributed by atoms with E-state index in [0.29, 0.717) is 19.0 Å². The van der Waals surface area contributed by atoms with Crippen LogP contribution in [0.25, 0.3) is 0 Å². The summed E-state index contributed by atoms with van der Waals surface area (Å²) in [5.41, 5.74) is 6.93. The molecule has 2 rings (SSSR count). The predicted octanol–water partition coefficient (Wildman–Crippen LogP) is 1.80. The highest BCUT2D eigenvalue weighted by atomic mass is 31.2. The van der Waals surface area contributed by atoms with Gasteiger partial charge in [0.25, 0.3) is 7.72 Å². The lowest BCUT2D eigenvalue weighted by Gasteiger charge is -2.23. The Morgan fingerprint density at radius 2 is 1.73 bits per heavy atom. The van der Waals surface area contributed by atoms with E-state index in [1.807, 2.05) is 37.3 Å². The Hall–Kier alpha value is -1.86. The molecule has 6 N–H and O–H groups in total. The van der Waals surface area contributed by atoms with E-state index >= 15 is 0 Å². The van der Waals surface area contributed by atoms with Gasteiger partial charge in [-0.1, -0.05) is 56.5 Å². The van der Waals surface area contributed by atoms with E-state index in [9.17, 15) is 24.2 Å². The Morgan fingerprint density at radius 3 is 2.36 bits per heavy atom. The van der Waals surface area contributed by atoms with Gasteiger partial charge in [-0.25, -0.2) is 9.79 Å². The molecule has 9 heteroatoms. The van der Waals surface area contributed by atoms with Crippen molar-refractivity contribution >= 4 is 25.3 Å². The fourth-order valence-corrected chi connectivity index (χ4v) is 6.25. The maximum atomic E-state index is 12.5. The highest BCUT2D eigenvalue weighted by molar-refractivity contribution is 7.65. The largest absolute Gasteiger partial charge is 0.354 e. The Kier molecular flexibility index (Phi) is 11.4. The second-order valence-electron chi connectivity index (χ2n) is 9.13. The second-order valence-corrected chi connectivity index (χ2v) is 11.6. The van der Waals surface area contributed by atoms with E-state index in [0.717, 1.165) is 31.2 Å². The molecule has 1 aromatic carbocycles. The summed E-state index contributed by atoms with van der Waals surface area (Å²) in [5.74, 6) is -1.31. The fraction of sp³-hybridized carbons (Fsp3) is 0.625. The van der Waals surface area contributed by atoms with Crippen molar-refractivity contribution in [3.8, 4) is 0 Å². The van der Waals surface area contributed by atoms with Crippen molar-refractivity contribution in [2.75, 3.05) is 25.4 Å². The first-order valence-corrected chi connectivity index (χ1v) is 14.0. The van der Waals surface area contributed by atoms with Crippen molar-refractivity contribution in [1.29, 1.82) is 0 Å². The molecule has 8 nitrogen and oxygen atoms in total. The van der Waals surface area contributed by atoms with Gasteiger partial charge in [0, 0.05) is 6.54 Å². The molecule has 2 amide bonds. The molecule has 184 valence electrons. The minimum atomic E-state index is -3.30. The minimum absolute atomic E-state index is 0.121. The third-order valence-corrected chi connectivity index (χ3v) is 8.15. The molecule has 0 unspecified atom stereocenters. The van der Waals surface area contributed by atoms with Crippen LogP contribution < -0.4 is 16.4 Å². The van der Waals surface area contributed by atoms with E-state index < -0.39 is 19.7 Å². The van der Waals surface area contributed by atoms with E-state index in [4.69, 9.17) is 5.73 Å². The zero-order chi connectivity index (χ0) is 24.3. The summed E-state index contributed by atoms with van der Waals surface area (Å²) in [6.07, 6.45) is 6.21. The van der Waals surface area contributed by atoms with Crippen LogP contribution >= 0.6 is 7.72 Å². The molecule has 1 fully saturated rings. The Morgan fingerprint density at radius 1 is 1.06 bits per heavy atom. The molecule has 0 heterocycles. The van der Waals surface area contributed by atoms with Crippen molar-refractivity contribution in [2.24, 2.45) is 17.6 Å². The van der Waals surface area contributed by atoms with Crippen molar-refractivity contribution in [3.05, 3.63) is 35.9 Å². The van der Waals surface area contributed by atoms with E-state index in [1.165, 1.54) is 6.42 Å². The highest BCUT2D eigenvalue weighted by Gasteiger charge is 2.39. The summed E-state index contributed by atoms with van der Waals surface area (Å²) in [6, 6.07) is 8.74. The minimum Gasteiger partial charge on any atom is -0.354 e. The van der Waals surface area contributed by atoms with Crippen LogP contribution in [0.4, 0.5) is 0 Å². The predicted molar refractivity (Wildman–Crippen MR) is 131 cm³/mol. The number of hydrogen-bond donors (Lipinski definition) is 5. The third kappa shape index (κ3) is 10.3. The Labute approximate surface area is 197 Å². The van der Waals surface area contributed by atoms with Gasteiger partial charge in [-0.3, -0.25) is 14.4 Å². The average molecular weight is 481 g/mol. The SMILES string of the molecule is CC[C@@H](CNC(=O)[C@@H](N)Cc1ccccc1)C(=O)NCC(=O)C[P+](O)(O)CC1CCCCC1. The second kappa shape index (κ2) is 13.8. The van der Waals surface area contributed by atoms with Crippen LogP contribution in [0.2, 0.25) is 0 Å². The first-order valence-electron chi connectivity index (χ1n) is 11.9. The van der Waals surface area contributed by atoms with Crippen LogP contribution in [0.1, 0.15) is 51.0 Å². The number of nitrogens with one attached hydrogen (secondary N) is 2. The number of benzene rings is 1. The number of nitrogens with two attached hydrogens (primary N) is 1. The smallest absolute Gasteiger partial charge is 0.275 e. The van der Waals surface area contributed by atoms with Gasteiger partial charge in [0.2, 0.25) is 11.8 Å². The number of ketones is 1. The maximum absolute atomic E-state index is 12.5. The van der Waals surface area contributed by atoms with E-state index in [2.05, 4.69) is 10.6 Å². The Bertz CT molecular complexity index is 769. The number of carbonyl (C=O) groups excluding carboxylic acids is 3. The molecule has 0 spiro atoms. The average Bonchev–Trinajstić information content (AvgIpc) is 2.78. The summed E-state index contributed by atoms with van der Waals surface area (Å²) in [5, 5.41) is 5.30. The number of rotatable bonds is 13. The van der Waals surface area contributed by atoms with Crippen LogP contribution in [0.3, 0.4) is 0 Å². The first-order chi connectivity index (χ1) is 15.7. The fourth-order valence-electron chi connectivity index (χ4n) is 4.25. The number of hydrogen-bond acceptors (Lipinski definition) is 6. The van der Waals surface area contributed by atoms with Gasteiger partial charge in [0.1, 0.15) is 6.16 Å². The van der Waals surface area contributed by atoms with Gasteiger partial charge in [-0.15, -0.1) is 0 Å². The summed E-state index contributed by atoms with van der Waals surface area (Å²) in [7, 11) is -3.30. The van der Waals surface area contributed by atoms with Crippen molar-refractivity contribution < 1.29 is 24.2 Å². The highest BCUT2D eigenvalue weighted by Crippen LogP contribution is 2.52. The van der Waals surface area contributed by atoms with Crippen LogP contribution in [0, 0.1) is 11.8 Å². The molecule has 0 radical (unpaired) electrons. The standard InChI is InChI=1S/C24H38N3O5P/c1-2-20(14-26-24(30)22(25)13-18-9-5-3-6-10-18)23(29)27-15-21(28)17-33(31,32)16-19-11-7-4-8-12-19/h3,5-6,9-10,19-20,22,31-32H,2,4,7-8,11-17,25H2,1H3,(H-,26,27,29,30)/p+1/t20-,22-/m0/s1. The lowest BCUT2D eigenvalue weighted by Crippen LogP contribution is -2.46. The molecule has 0 bridgehead atoms. The summed E-state index contributed by atoms with van der Waals surface area (Å²) >= 11 is 0. The lowest BCUT2D eigenvalue weighted by molar-refractivity contribution is -0.128.